The van der Waals surface area contributed by atoms with Crippen LogP contribution in [0.15, 0.2) is 49.6 Å². The molecule has 0 radical (unpaired) electrons. The summed E-state index contributed by atoms with van der Waals surface area (Å²) in [5, 5.41) is 25.8. The number of alkyl halides is 1. The van der Waals surface area contributed by atoms with E-state index in [4.69, 9.17) is 53.2 Å². The fourth-order valence-electron chi connectivity index (χ4n) is 10.1. The molecule has 0 saturated carbocycles. The van der Waals surface area contributed by atoms with Gasteiger partial charge in [0.05, 0.1) is 76.8 Å². The Bertz CT molecular complexity index is 1820. The van der Waals surface area contributed by atoms with E-state index in [-0.39, 0.29) is 102 Å². The molecule has 14 nitrogen and oxygen atoms in total. The predicted molar refractivity (Wildman–Crippen MR) is 502 cm³/mol. The van der Waals surface area contributed by atoms with Gasteiger partial charge in [0.25, 0.3) is 0 Å². The normalized spacial score (nSPS) is 14.3. The molecule has 1 saturated heterocycles. The van der Waals surface area contributed by atoms with Crippen molar-refractivity contribution in [1.29, 1.82) is 0 Å². The second-order valence-electron chi connectivity index (χ2n) is 33.3. The van der Waals surface area contributed by atoms with Gasteiger partial charge in [-0.15, -0.1) is 21.7 Å². The summed E-state index contributed by atoms with van der Waals surface area (Å²) >= 11 is 3.13. The second kappa shape index (κ2) is 111. The molecule has 5 unspecified atom stereocenters. The minimum absolute atomic E-state index is 0. The van der Waals surface area contributed by atoms with Crippen molar-refractivity contribution in [2.75, 3.05) is 84.7 Å². The Morgan fingerprint density at radius 2 is 0.788 bits per heavy atom. The van der Waals surface area contributed by atoms with Gasteiger partial charge in [-0.25, -0.2) is 0 Å². The first-order chi connectivity index (χ1) is 51.9. The summed E-state index contributed by atoms with van der Waals surface area (Å²) in [6, 6.07) is 0. The number of ether oxygens (including phenoxy) is 8. The van der Waals surface area contributed by atoms with Crippen molar-refractivity contribution in [3.8, 4) is 0 Å². The van der Waals surface area contributed by atoms with Gasteiger partial charge in [-0.1, -0.05) is 247 Å². The van der Waals surface area contributed by atoms with Crippen molar-refractivity contribution in [1.82, 2.24) is 0 Å². The maximum atomic E-state index is 10.4. The molecule has 19 heteroatoms. The number of aliphatic hydroxyl groups is 3. The van der Waals surface area contributed by atoms with Gasteiger partial charge in [0.2, 0.25) is 0 Å². The third-order valence-electron chi connectivity index (χ3n) is 16.8. The summed E-state index contributed by atoms with van der Waals surface area (Å²) in [5.41, 5.74) is 0. The van der Waals surface area contributed by atoms with Crippen LogP contribution in [0.3, 0.4) is 0 Å². The Morgan fingerprint density at radius 3 is 1.05 bits per heavy atom. The monoisotopic (exact) mass is 1720 g/mol. The molecule has 0 aromatic carbocycles. The molecule has 113 heavy (non-hydrogen) atoms. The maximum absolute atomic E-state index is 10.4. The molecule has 2 aliphatic heterocycles. The summed E-state index contributed by atoms with van der Waals surface area (Å²) in [6.45, 7) is 71.5. The van der Waals surface area contributed by atoms with Gasteiger partial charge in [-0.05, 0) is 200 Å². The molecular weight excluding hydrogens is 1520 g/mol. The Labute approximate surface area is 765 Å². The molecule has 3 N–H and O–H groups in total. The van der Waals surface area contributed by atoms with Crippen molar-refractivity contribution >= 4 is 60.2 Å². The Balaban J connectivity index is -0.0000000693. The number of rotatable bonds is 50. The number of aldehydes is 2. The Morgan fingerprint density at radius 1 is 0.504 bits per heavy atom. The summed E-state index contributed by atoms with van der Waals surface area (Å²) in [4.78, 5) is 30.5. The predicted octanol–water partition coefficient (Wildman–Crippen LogP) is 19.5. The van der Waals surface area contributed by atoms with E-state index in [0.29, 0.717) is 62.9 Å². The van der Waals surface area contributed by atoms with Crippen LogP contribution in [0.4, 0.5) is 0 Å². The maximum Gasteiger partial charge on any atom is 1.00 e. The van der Waals surface area contributed by atoms with Crippen molar-refractivity contribution in [3.63, 3.8) is 0 Å². The van der Waals surface area contributed by atoms with Gasteiger partial charge >= 0.3 is 49.8 Å². The van der Waals surface area contributed by atoms with E-state index in [1.54, 1.807) is 19.1 Å². The van der Waals surface area contributed by atoms with Crippen molar-refractivity contribution in [2.24, 2.45) is 47.3 Å². The number of aliphatic hydroxyl groups excluding tert-OH is 3. The Kier molecular flexibility index (Phi) is 137. The van der Waals surface area contributed by atoms with E-state index >= 15 is 0 Å². The molecule has 2 aliphatic rings. The number of hydrogen-bond donors (Lipinski definition) is 3. The minimum Gasteiger partial charge on any atom is -1.00 e. The van der Waals surface area contributed by atoms with Crippen LogP contribution in [0.25, 0.3) is 0 Å². The average molecular weight is 1720 g/mol. The average Bonchev–Trinajstić information content (AvgIpc) is 1.86. The second-order valence-corrected chi connectivity index (χ2v) is 34.9. The van der Waals surface area contributed by atoms with E-state index < -0.39 is 0 Å². The molecule has 676 valence electrons. The van der Waals surface area contributed by atoms with E-state index in [1.165, 1.54) is 115 Å². The first-order valence-electron chi connectivity index (χ1n) is 43.9. The fourth-order valence-corrected chi connectivity index (χ4v) is 10.1. The topological polar surface area (TPSA) is 186 Å². The van der Waals surface area contributed by atoms with Crippen LogP contribution in [0.5, 0.6) is 0 Å². The summed E-state index contributed by atoms with van der Waals surface area (Å²) < 4.78 is 44.8. The van der Waals surface area contributed by atoms with Crippen molar-refractivity contribution < 1.29 is 122 Å². The third kappa shape index (κ3) is 151. The number of carbonyl (C=O) groups is 3. The number of halogens is 1. The molecule has 2 rings (SSSR count). The molecule has 0 spiro atoms. The molecule has 0 aromatic rings. The van der Waals surface area contributed by atoms with Crippen LogP contribution in [0.2, 0.25) is 0 Å². The number of Topliss-reactive ketones (excluding diaryl/α,β-unsaturated/α-hetero) is 1. The molecule has 0 aliphatic carbocycles. The molecule has 0 amide bonds. The number of carbonyl (C=O) groups excluding carboxylic acids is 3. The van der Waals surface area contributed by atoms with Gasteiger partial charge < -0.3 is 70.5 Å². The van der Waals surface area contributed by atoms with Gasteiger partial charge in [0.15, 0.2) is 28.9 Å². The standard InChI is InChI=1S/C12H24O2.C12H22O2.2C12H24O2.C11H22O.C10H22O.C8H18O.C8H16O.C4H8O2.C3H5Br.C2H7P.Al.Li.Na.H2.5H/c2*1-11(2)7-6-8-12(3)13-9-4-5-10-14-12;2*1-11(2)7-6-8-12(3)14-10-5-4-9-13;1-5-9-12-11(4)8-6-7-10(2)3;1-5-11-10(4)8-6-7-9(2)3;2*1-7(2)5-4-6-8(3)9;5-3-1-2-4-6;1-2-3-4;1-3-2;;;;;;;;;/h11H,4-10H2,1-3H3;4-5,11H,6-10H2,1-3H3;2*9,11-12H,4-8,10H2,1-3H3;5,10-11H,1,6-9H2,2-4H3;9-10H,5-8H2,1-4H3;7-9H,4-6H2,1-3H3;7H,4-6H2,1-3H3;1-2,5-6H,3-4H2;2H,1,3H2;3H,1-2H3;;;;1H;;;;;/q;;;;;;;;;;;;2*+1;;;;;2*-1/p+1/b;;;;;;;;2-1-;;;;;;;;;;;. The number of ketones is 1. The van der Waals surface area contributed by atoms with E-state index in [9.17, 15) is 14.4 Å². The Hall–Kier alpha value is 0.570. The quantitative estimate of drug-likeness (QED) is 0.0130. The van der Waals surface area contributed by atoms with Crippen LogP contribution in [0.1, 0.15) is 371 Å². The van der Waals surface area contributed by atoms with E-state index in [2.05, 4.69) is 195 Å². The SMILES string of the molecule is C=CCBr.C=CCOC(C)CCCC(C)C.CC(=O)CCCC(C)C.CC(C)CCCC(C)O.CC(C)CCCC(C)OCCCC=O.CC(C)CCCC(C)OCCCC=O.CC(C)CCCC1(C)OCC=CCO1.CC(C)CCCC1(C)OCCCCO1.CCOC(C)CCCC(C)C.CPC.OC/C=C\CO.[AlH3].[H+].[H-].[H-].[HH].[Li+].[Na+]. The van der Waals surface area contributed by atoms with E-state index in [0.717, 1.165) is 184 Å². The molecule has 5 atom stereocenters. The molecule has 2 heterocycles. The largest absolute Gasteiger partial charge is 1.00 e. The first kappa shape index (κ1) is 140. The van der Waals surface area contributed by atoms with Crippen molar-refractivity contribution in [2.45, 2.75) is 408 Å². The summed E-state index contributed by atoms with van der Waals surface area (Å²) in [5.74, 6) is 5.95. The van der Waals surface area contributed by atoms with Crippen LogP contribution < -0.4 is 48.4 Å². The molecular formula is C94H200AlBrLiNaO14P+. The van der Waals surface area contributed by atoms with Gasteiger partial charge in [0.1, 0.15) is 18.4 Å². The van der Waals surface area contributed by atoms with Crippen molar-refractivity contribution in [3.05, 3.63) is 49.6 Å². The number of unbranched alkanes of at least 4 members (excludes halogenated alkanes) is 2. The summed E-state index contributed by atoms with van der Waals surface area (Å²) in [6.07, 6.45) is 47.4. The van der Waals surface area contributed by atoms with Crippen LogP contribution >= 0.6 is 24.5 Å². The van der Waals surface area contributed by atoms with E-state index in [1.807, 2.05) is 26.0 Å². The van der Waals surface area contributed by atoms with Crippen LogP contribution in [0, 0.1) is 47.3 Å². The van der Waals surface area contributed by atoms with Crippen LogP contribution in [-0.2, 0) is 52.3 Å². The zero-order valence-corrected chi connectivity index (χ0v) is 84.3. The molecule has 0 bridgehead atoms. The van der Waals surface area contributed by atoms with Gasteiger partial charge in [-0.2, -0.15) is 0 Å². The zero-order chi connectivity index (χ0) is 86.1. The fraction of sp³-hybridized carbons (Fsp3) is 0.883. The molecule has 0 aromatic heterocycles. The zero-order valence-electron chi connectivity index (χ0n) is 82.7. The van der Waals surface area contributed by atoms with Gasteiger partial charge in [-0.3, -0.25) is 0 Å². The minimum atomic E-state index is -0.363. The smallest absolute Gasteiger partial charge is 1.00 e. The third-order valence-corrected chi connectivity index (χ3v) is 17.2. The first-order valence-corrected chi connectivity index (χ1v) is 47.0. The number of hydrogen-bond acceptors (Lipinski definition) is 14. The van der Waals surface area contributed by atoms with Crippen LogP contribution in [-0.4, -0.2) is 178 Å². The molecule has 1 fully saturated rings. The number of allylic oxidation sites excluding steroid dienone is 1. The van der Waals surface area contributed by atoms with Gasteiger partial charge in [0, 0.05) is 58.7 Å². The summed E-state index contributed by atoms with van der Waals surface area (Å²) in [7, 11) is 1.08.